The Balaban J connectivity index is 1.96. The zero-order valence-corrected chi connectivity index (χ0v) is 15.6. The number of anilines is 1. The van der Waals surface area contributed by atoms with Crippen LogP contribution in [0.25, 0.3) is 0 Å². The monoisotopic (exact) mass is 358 g/mol. The van der Waals surface area contributed by atoms with Crippen LogP contribution in [0.5, 0.6) is 0 Å². The molecule has 0 spiro atoms. The third kappa shape index (κ3) is 5.18. The minimum atomic E-state index is -0.435. The van der Waals surface area contributed by atoms with E-state index in [1.165, 1.54) is 19.6 Å². The fourth-order valence-electron chi connectivity index (χ4n) is 3.04. The van der Waals surface area contributed by atoms with Gasteiger partial charge < -0.3 is 15.0 Å². The number of ether oxygens (including phenoxy) is 1. The first-order valence-corrected chi connectivity index (χ1v) is 8.87. The number of nitrogens with one attached hydrogen (secondary N) is 1. The highest BCUT2D eigenvalue weighted by Gasteiger charge is 2.21. The number of amides is 2. The van der Waals surface area contributed by atoms with Gasteiger partial charge in [-0.2, -0.15) is 0 Å². The number of benzene rings is 1. The van der Waals surface area contributed by atoms with E-state index in [4.69, 9.17) is 0 Å². The minimum Gasteiger partial charge on any atom is -0.465 e. The Morgan fingerprint density at radius 2 is 1.73 bits per heavy atom. The van der Waals surface area contributed by atoms with Crippen molar-refractivity contribution >= 4 is 23.5 Å². The van der Waals surface area contributed by atoms with Crippen molar-refractivity contribution in [2.24, 2.45) is 0 Å². The zero-order chi connectivity index (χ0) is 19.1. The Hall–Kier alpha value is -2.63. The van der Waals surface area contributed by atoms with Gasteiger partial charge in [0.1, 0.15) is 0 Å². The fourth-order valence-corrected chi connectivity index (χ4v) is 3.04. The van der Waals surface area contributed by atoms with Gasteiger partial charge in [-0.15, -0.1) is 0 Å². The lowest BCUT2D eigenvalue weighted by molar-refractivity contribution is -0.127. The maximum Gasteiger partial charge on any atom is 0.337 e. The van der Waals surface area contributed by atoms with Crippen molar-refractivity contribution in [3.8, 4) is 0 Å². The average molecular weight is 358 g/mol. The molecule has 0 unspecified atom stereocenters. The first-order valence-electron chi connectivity index (χ1n) is 8.87. The van der Waals surface area contributed by atoms with E-state index in [0.717, 1.165) is 25.7 Å². The van der Waals surface area contributed by atoms with E-state index in [2.05, 4.69) is 10.1 Å². The standard InChI is InChI=1S/C20H26N2O4/c1-14(13-18(23)22(2)17-7-5-4-6-8-17)19(24)21-16-11-9-15(10-12-16)20(25)26-3/h9-13,17H,4-8H2,1-3H3,(H,21,24)/b14-13+. The summed E-state index contributed by atoms with van der Waals surface area (Å²) in [4.78, 5) is 37.8. The lowest BCUT2D eigenvalue weighted by Gasteiger charge is -2.30. The molecule has 1 saturated carbocycles. The summed E-state index contributed by atoms with van der Waals surface area (Å²) >= 11 is 0. The van der Waals surface area contributed by atoms with Crippen LogP contribution in [0.1, 0.15) is 49.4 Å². The Bertz CT molecular complexity index is 688. The van der Waals surface area contributed by atoms with E-state index in [-0.39, 0.29) is 17.9 Å². The van der Waals surface area contributed by atoms with E-state index in [1.807, 2.05) is 0 Å². The van der Waals surface area contributed by atoms with Gasteiger partial charge in [-0.1, -0.05) is 19.3 Å². The molecule has 140 valence electrons. The van der Waals surface area contributed by atoms with Crippen LogP contribution in [0, 0.1) is 0 Å². The molecule has 0 heterocycles. The van der Waals surface area contributed by atoms with Crippen molar-refractivity contribution in [1.82, 2.24) is 4.90 Å². The largest absolute Gasteiger partial charge is 0.465 e. The summed E-state index contributed by atoms with van der Waals surface area (Å²) in [5, 5.41) is 2.72. The fraction of sp³-hybridized carbons (Fsp3) is 0.450. The maximum atomic E-state index is 12.4. The van der Waals surface area contributed by atoms with Crippen LogP contribution < -0.4 is 5.32 Å². The summed E-state index contributed by atoms with van der Waals surface area (Å²) in [7, 11) is 3.11. The maximum absolute atomic E-state index is 12.4. The van der Waals surface area contributed by atoms with Crippen molar-refractivity contribution in [3.63, 3.8) is 0 Å². The molecular formula is C20H26N2O4. The highest BCUT2D eigenvalue weighted by atomic mass is 16.5. The molecule has 0 aromatic heterocycles. The lowest BCUT2D eigenvalue weighted by atomic mass is 9.94. The van der Waals surface area contributed by atoms with Crippen LogP contribution in [-0.4, -0.2) is 42.9 Å². The van der Waals surface area contributed by atoms with Gasteiger partial charge in [0, 0.05) is 30.4 Å². The molecule has 1 fully saturated rings. The predicted molar refractivity (Wildman–Crippen MR) is 99.8 cm³/mol. The van der Waals surface area contributed by atoms with Crippen molar-refractivity contribution < 1.29 is 19.1 Å². The van der Waals surface area contributed by atoms with E-state index in [0.29, 0.717) is 16.8 Å². The minimum absolute atomic E-state index is 0.148. The first-order chi connectivity index (χ1) is 12.4. The van der Waals surface area contributed by atoms with Gasteiger partial charge in [0.05, 0.1) is 12.7 Å². The lowest BCUT2D eigenvalue weighted by Crippen LogP contribution is -2.37. The molecule has 0 atom stereocenters. The number of carbonyl (C=O) groups is 3. The molecule has 0 aliphatic heterocycles. The molecule has 1 aliphatic rings. The first kappa shape index (κ1) is 19.7. The van der Waals surface area contributed by atoms with Crippen LogP contribution in [0.2, 0.25) is 0 Å². The second kappa shape index (κ2) is 9.17. The second-order valence-electron chi connectivity index (χ2n) is 6.59. The van der Waals surface area contributed by atoms with Crippen molar-refractivity contribution in [2.75, 3.05) is 19.5 Å². The van der Waals surface area contributed by atoms with E-state index >= 15 is 0 Å². The van der Waals surface area contributed by atoms with Crippen LogP contribution in [0.3, 0.4) is 0 Å². The molecular weight excluding hydrogens is 332 g/mol. The third-order valence-electron chi connectivity index (χ3n) is 4.73. The average Bonchev–Trinajstić information content (AvgIpc) is 2.67. The van der Waals surface area contributed by atoms with Crippen LogP contribution >= 0.6 is 0 Å². The molecule has 0 saturated heterocycles. The summed E-state index contributed by atoms with van der Waals surface area (Å²) in [5.41, 5.74) is 1.29. The molecule has 1 aliphatic carbocycles. The van der Waals surface area contributed by atoms with Crippen molar-refractivity contribution in [3.05, 3.63) is 41.5 Å². The van der Waals surface area contributed by atoms with E-state index in [9.17, 15) is 14.4 Å². The number of carbonyl (C=O) groups excluding carboxylic acids is 3. The molecule has 1 aromatic carbocycles. The number of hydrogen-bond acceptors (Lipinski definition) is 4. The Labute approximate surface area is 154 Å². The molecule has 6 heteroatoms. The quantitative estimate of drug-likeness (QED) is 0.648. The number of hydrogen-bond donors (Lipinski definition) is 1. The van der Waals surface area contributed by atoms with E-state index < -0.39 is 5.97 Å². The van der Waals surface area contributed by atoms with Gasteiger partial charge in [0.2, 0.25) is 5.91 Å². The molecule has 1 N–H and O–H groups in total. The topological polar surface area (TPSA) is 75.7 Å². The van der Waals surface area contributed by atoms with Crippen molar-refractivity contribution in [1.29, 1.82) is 0 Å². The van der Waals surface area contributed by atoms with Gasteiger partial charge >= 0.3 is 5.97 Å². The number of methoxy groups -OCH3 is 1. The highest BCUT2D eigenvalue weighted by molar-refractivity contribution is 6.07. The summed E-state index contributed by atoms with van der Waals surface area (Å²) in [6.07, 6.45) is 6.94. The second-order valence-corrected chi connectivity index (χ2v) is 6.59. The van der Waals surface area contributed by atoms with Gasteiger partial charge in [-0.3, -0.25) is 9.59 Å². The zero-order valence-electron chi connectivity index (χ0n) is 15.6. The van der Waals surface area contributed by atoms with Crippen LogP contribution in [-0.2, 0) is 14.3 Å². The Morgan fingerprint density at radius 1 is 1.12 bits per heavy atom. The van der Waals surface area contributed by atoms with Gasteiger partial charge in [0.15, 0.2) is 0 Å². The molecule has 1 aromatic rings. The normalized spacial score (nSPS) is 15.3. The summed E-state index contributed by atoms with van der Waals surface area (Å²) in [5.74, 6) is -0.929. The van der Waals surface area contributed by atoms with Gasteiger partial charge in [-0.25, -0.2) is 4.79 Å². The molecule has 2 rings (SSSR count). The molecule has 0 radical (unpaired) electrons. The number of rotatable bonds is 5. The molecule has 6 nitrogen and oxygen atoms in total. The van der Waals surface area contributed by atoms with E-state index in [1.54, 1.807) is 43.1 Å². The Kier molecular flexibility index (Phi) is 6.95. The smallest absolute Gasteiger partial charge is 0.337 e. The SMILES string of the molecule is COC(=O)c1ccc(NC(=O)/C(C)=C/C(=O)N(C)C2CCCCC2)cc1. The van der Waals surface area contributed by atoms with Gasteiger partial charge in [0.25, 0.3) is 5.91 Å². The Morgan fingerprint density at radius 3 is 2.31 bits per heavy atom. The highest BCUT2D eigenvalue weighted by Crippen LogP contribution is 2.22. The number of esters is 1. The summed E-state index contributed by atoms with van der Waals surface area (Å²) in [6, 6.07) is 6.64. The van der Waals surface area contributed by atoms with Gasteiger partial charge in [-0.05, 0) is 44.0 Å². The predicted octanol–water partition coefficient (Wildman–Crippen LogP) is 3.15. The van der Waals surface area contributed by atoms with Crippen LogP contribution in [0.4, 0.5) is 5.69 Å². The summed E-state index contributed by atoms with van der Waals surface area (Å²) in [6.45, 7) is 1.62. The third-order valence-corrected chi connectivity index (χ3v) is 4.73. The summed E-state index contributed by atoms with van der Waals surface area (Å²) < 4.78 is 4.63. The van der Waals surface area contributed by atoms with Crippen LogP contribution in [0.15, 0.2) is 35.9 Å². The molecule has 26 heavy (non-hydrogen) atoms. The van der Waals surface area contributed by atoms with Crippen molar-refractivity contribution in [2.45, 2.75) is 45.1 Å². The molecule has 2 amide bonds. The number of nitrogens with zero attached hydrogens (tertiary/aromatic N) is 1. The number of likely N-dealkylation sites (N-methyl/N-ethyl adjacent to an activating group) is 1. The molecule has 0 bridgehead atoms.